The third-order valence-corrected chi connectivity index (χ3v) is 3.47. The summed E-state index contributed by atoms with van der Waals surface area (Å²) < 4.78 is 2.18. The van der Waals surface area contributed by atoms with Crippen LogP contribution in [0.5, 0.6) is 0 Å². The molecule has 84 valence electrons. The molecule has 1 heterocycles. The van der Waals surface area contributed by atoms with Gasteiger partial charge in [0.1, 0.15) is 0 Å². The van der Waals surface area contributed by atoms with Crippen LogP contribution in [0.1, 0.15) is 38.2 Å². The molecule has 2 heteroatoms. The van der Waals surface area contributed by atoms with Crippen molar-refractivity contribution >= 4 is 10.9 Å². The number of nitrogens with zero attached hydrogens (tertiary/aromatic N) is 2. The Morgan fingerprint density at radius 3 is 2.88 bits per heavy atom. The lowest BCUT2D eigenvalue weighted by molar-refractivity contribution is 0.580. The fraction of sp³-hybridized carbons (Fsp3) is 0.500. The van der Waals surface area contributed by atoms with E-state index in [0.29, 0.717) is 5.92 Å². The molecule has 0 spiro atoms. The van der Waals surface area contributed by atoms with Gasteiger partial charge in [0.25, 0.3) is 0 Å². The van der Waals surface area contributed by atoms with Gasteiger partial charge in [-0.05, 0) is 36.3 Å². The van der Waals surface area contributed by atoms with Crippen LogP contribution in [0.15, 0.2) is 24.4 Å². The Kier molecular flexibility index (Phi) is 2.23. The Morgan fingerprint density at radius 1 is 1.38 bits per heavy atom. The second kappa shape index (κ2) is 3.62. The fourth-order valence-electron chi connectivity index (χ4n) is 2.32. The summed E-state index contributed by atoms with van der Waals surface area (Å²) in [5, 5.41) is 5.87. The second-order valence-corrected chi connectivity index (χ2v) is 5.20. The smallest absolute Gasteiger partial charge is 0.0685 e. The van der Waals surface area contributed by atoms with Crippen molar-refractivity contribution in [2.24, 2.45) is 5.92 Å². The van der Waals surface area contributed by atoms with Crippen LogP contribution in [0.2, 0.25) is 0 Å². The van der Waals surface area contributed by atoms with E-state index in [2.05, 4.69) is 41.8 Å². The van der Waals surface area contributed by atoms with E-state index in [9.17, 15) is 0 Å². The zero-order valence-electron chi connectivity index (χ0n) is 9.98. The highest BCUT2D eigenvalue weighted by atomic mass is 15.3. The molecule has 1 fully saturated rings. The summed E-state index contributed by atoms with van der Waals surface area (Å²) >= 11 is 0. The van der Waals surface area contributed by atoms with Gasteiger partial charge in [-0.3, -0.25) is 4.68 Å². The van der Waals surface area contributed by atoms with Crippen LogP contribution in [0.4, 0.5) is 0 Å². The molecule has 2 aromatic rings. The molecular weight excluding hydrogens is 196 g/mol. The molecule has 0 N–H and O–H groups in total. The SMILES string of the molecule is CC(C)c1cccc2c1cnn2CC1CC1. The molecule has 1 saturated carbocycles. The maximum atomic E-state index is 4.54. The van der Waals surface area contributed by atoms with Crippen molar-refractivity contribution in [2.75, 3.05) is 0 Å². The Labute approximate surface area is 96.3 Å². The average molecular weight is 214 g/mol. The predicted octanol–water partition coefficient (Wildman–Crippen LogP) is 3.57. The lowest BCUT2D eigenvalue weighted by Gasteiger charge is -2.07. The average Bonchev–Trinajstić information content (AvgIpc) is 2.98. The standard InChI is InChI=1S/C14H18N2/c1-10(2)12-4-3-5-14-13(12)8-15-16(14)9-11-6-7-11/h3-5,8,10-11H,6-7,9H2,1-2H3. The van der Waals surface area contributed by atoms with Gasteiger partial charge in [0.15, 0.2) is 0 Å². The molecule has 1 aliphatic rings. The number of fused-ring (bicyclic) bond motifs is 1. The Balaban J connectivity index is 2.08. The normalized spacial score (nSPS) is 16.2. The summed E-state index contributed by atoms with van der Waals surface area (Å²) in [6.45, 7) is 5.59. The lowest BCUT2D eigenvalue weighted by atomic mass is 10.00. The summed E-state index contributed by atoms with van der Waals surface area (Å²) in [4.78, 5) is 0. The molecule has 0 bridgehead atoms. The highest BCUT2D eigenvalue weighted by Gasteiger charge is 2.23. The number of rotatable bonds is 3. The van der Waals surface area contributed by atoms with Crippen molar-refractivity contribution in [3.05, 3.63) is 30.0 Å². The number of hydrogen-bond acceptors (Lipinski definition) is 1. The second-order valence-electron chi connectivity index (χ2n) is 5.20. The topological polar surface area (TPSA) is 17.8 Å². The first-order valence-corrected chi connectivity index (χ1v) is 6.20. The van der Waals surface area contributed by atoms with Crippen molar-refractivity contribution in [2.45, 2.75) is 39.2 Å². The van der Waals surface area contributed by atoms with E-state index in [1.54, 1.807) is 0 Å². The van der Waals surface area contributed by atoms with Gasteiger partial charge in [-0.1, -0.05) is 26.0 Å². The van der Waals surface area contributed by atoms with Gasteiger partial charge in [0, 0.05) is 11.9 Å². The molecule has 2 nitrogen and oxygen atoms in total. The van der Waals surface area contributed by atoms with E-state index in [-0.39, 0.29) is 0 Å². The molecule has 0 radical (unpaired) electrons. The maximum absolute atomic E-state index is 4.54. The van der Waals surface area contributed by atoms with E-state index in [0.717, 1.165) is 12.5 Å². The summed E-state index contributed by atoms with van der Waals surface area (Å²) in [6.07, 6.45) is 4.80. The summed E-state index contributed by atoms with van der Waals surface area (Å²) in [5.74, 6) is 1.45. The van der Waals surface area contributed by atoms with E-state index in [4.69, 9.17) is 0 Å². The number of benzene rings is 1. The summed E-state index contributed by atoms with van der Waals surface area (Å²) in [5.41, 5.74) is 2.72. The van der Waals surface area contributed by atoms with Crippen molar-refractivity contribution in [3.8, 4) is 0 Å². The molecule has 0 unspecified atom stereocenters. The molecule has 3 rings (SSSR count). The summed E-state index contributed by atoms with van der Waals surface area (Å²) in [7, 11) is 0. The lowest BCUT2D eigenvalue weighted by Crippen LogP contribution is -2.01. The third-order valence-electron chi connectivity index (χ3n) is 3.47. The van der Waals surface area contributed by atoms with Crippen molar-refractivity contribution < 1.29 is 0 Å². The van der Waals surface area contributed by atoms with Crippen LogP contribution in [-0.2, 0) is 6.54 Å². The highest BCUT2D eigenvalue weighted by molar-refractivity contribution is 5.82. The van der Waals surface area contributed by atoms with Crippen LogP contribution < -0.4 is 0 Å². The molecule has 0 atom stereocenters. The van der Waals surface area contributed by atoms with Crippen molar-refractivity contribution in [1.29, 1.82) is 0 Å². The van der Waals surface area contributed by atoms with Crippen molar-refractivity contribution in [3.63, 3.8) is 0 Å². The van der Waals surface area contributed by atoms with Crippen LogP contribution >= 0.6 is 0 Å². The predicted molar refractivity (Wildman–Crippen MR) is 66.5 cm³/mol. The third kappa shape index (κ3) is 1.62. The van der Waals surface area contributed by atoms with Gasteiger partial charge < -0.3 is 0 Å². The van der Waals surface area contributed by atoms with Crippen LogP contribution in [-0.4, -0.2) is 9.78 Å². The van der Waals surface area contributed by atoms with Gasteiger partial charge in [-0.25, -0.2) is 0 Å². The van der Waals surface area contributed by atoms with Gasteiger partial charge >= 0.3 is 0 Å². The van der Waals surface area contributed by atoms with Crippen LogP contribution in [0.25, 0.3) is 10.9 Å². The highest BCUT2D eigenvalue weighted by Crippen LogP contribution is 2.32. The van der Waals surface area contributed by atoms with Gasteiger partial charge in [-0.15, -0.1) is 0 Å². The van der Waals surface area contributed by atoms with E-state index in [1.807, 2.05) is 6.20 Å². The summed E-state index contributed by atoms with van der Waals surface area (Å²) in [6, 6.07) is 6.56. The first-order chi connectivity index (χ1) is 7.75. The minimum atomic E-state index is 0.572. The number of hydrogen-bond donors (Lipinski definition) is 0. The molecule has 1 aliphatic carbocycles. The minimum Gasteiger partial charge on any atom is -0.265 e. The van der Waals surface area contributed by atoms with Gasteiger partial charge in [-0.2, -0.15) is 5.10 Å². The molecule has 16 heavy (non-hydrogen) atoms. The quantitative estimate of drug-likeness (QED) is 0.763. The van der Waals surface area contributed by atoms with E-state index < -0.39 is 0 Å². The molecule has 0 aliphatic heterocycles. The minimum absolute atomic E-state index is 0.572. The van der Waals surface area contributed by atoms with E-state index >= 15 is 0 Å². The van der Waals surface area contributed by atoms with Gasteiger partial charge in [0.2, 0.25) is 0 Å². The largest absolute Gasteiger partial charge is 0.265 e. The Morgan fingerprint density at radius 2 is 2.19 bits per heavy atom. The Hall–Kier alpha value is -1.31. The van der Waals surface area contributed by atoms with Crippen LogP contribution in [0, 0.1) is 5.92 Å². The Bertz CT molecular complexity index is 506. The maximum Gasteiger partial charge on any atom is 0.0685 e. The first-order valence-electron chi connectivity index (χ1n) is 6.20. The molecule has 0 saturated heterocycles. The van der Waals surface area contributed by atoms with Crippen molar-refractivity contribution in [1.82, 2.24) is 9.78 Å². The molecule has 1 aromatic heterocycles. The first kappa shape index (κ1) is 9.88. The van der Waals surface area contributed by atoms with Gasteiger partial charge in [0.05, 0.1) is 11.7 Å². The van der Waals surface area contributed by atoms with E-state index in [1.165, 1.54) is 29.3 Å². The zero-order valence-corrected chi connectivity index (χ0v) is 9.98. The number of aromatic nitrogens is 2. The fourth-order valence-corrected chi connectivity index (χ4v) is 2.32. The zero-order chi connectivity index (χ0) is 11.1. The molecular formula is C14H18N2. The van der Waals surface area contributed by atoms with Crippen LogP contribution in [0.3, 0.4) is 0 Å². The molecule has 0 amide bonds. The molecule has 1 aromatic carbocycles. The monoisotopic (exact) mass is 214 g/mol.